The van der Waals surface area contributed by atoms with Crippen LogP contribution in [0.25, 0.3) is 5.69 Å². The smallest absolute Gasteiger partial charge is 0.183 e. The van der Waals surface area contributed by atoms with E-state index in [0.29, 0.717) is 18.5 Å². The molecule has 0 saturated carbocycles. The van der Waals surface area contributed by atoms with E-state index in [0.717, 1.165) is 11.3 Å². The molecule has 3 aromatic rings. The van der Waals surface area contributed by atoms with E-state index >= 15 is 0 Å². The molecule has 0 bridgehead atoms. The van der Waals surface area contributed by atoms with Gasteiger partial charge in [0.1, 0.15) is 5.69 Å². The summed E-state index contributed by atoms with van der Waals surface area (Å²) in [4.78, 5) is 16.3. The molecule has 5 heteroatoms. The largest absolute Gasteiger partial charge is 0.292 e. The number of benzene rings is 1. The molecule has 0 saturated heterocycles. The zero-order valence-corrected chi connectivity index (χ0v) is 11.4. The second-order valence-corrected chi connectivity index (χ2v) is 4.65. The van der Waals surface area contributed by atoms with Crippen LogP contribution in [-0.2, 0) is 6.42 Å². The van der Waals surface area contributed by atoms with Crippen LogP contribution in [0.2, 0.25) is 0 Å². The summed E-state index contributed by atoms with van der Waals surface area (Å²) in [6, 6.07) is 13.4. The fourth-order valence-corrected chi connectivity index (χ4v) is 2.12. The number of aryl methyl sites for hydroxylation is 1. The Hall–Kier alpha value is -2.82. The van der Waals surface area contributed by atoms with E-state index in [-0.39, 0.29) is 5.78 Å². The van der Waals surface area contributed by atoms with Crippen LogP contribution in [-0.4, -0.2) is 25.8 Å². The highest BCUT2D eigenvalue weighted by Crippen LogP contribution is 2.12. The normalized spacial score (nSPS) is 10.5. The first-order valence-electron chi connectivity index (χ1n) is 6.73. The third-order valence-corrected chi connectivity index (χ3v) is 3.23. The van der Waals surface area contributed by atoms with Gasteiger partial charge >= 0.3 is 0 Å². The molecule has 0 spiro atoms. The number of hydrogen-bond acceptors (Lipinski definition) is 4. The van der Waals surface area contributed by atoms with Crippen LogP contribution in [0, 0.1) is 0 Å². The van der Waals surface area contributed by atoms with E-state index in [4.69, 9.17) is 0 Å². The third-order valence-electron chi connectivity index (χ3n) is 3.23. The third kappa shape index (κ3) is 3.02. The lowest BCUT2D eigenvalue weighted by molar-refractivity contribution is 0.0975. The van der Waals surface area contributed by atoms with Crippen molar-refractivity contribution in [1.29, 1.82) is 0 Å². The van der Waals surface area contributed by atoms with Crippen LogP contribution in [0.3, 0.4) is 0 Å². The van der Waals surface area contributed by atoms with Gasteiger partial charge < -0.3 is 0 Å². The van der Waals surface area contributed by atoms with E-state index in [2.05, 4.69) is 15.3 Å². The molecule has 0 atom stereocenters. The van der Waals surface area contributed by atoms with Gasteiger partial charge in [0.15, 0.2) is 5.78 Å². The summed E-state index contributed by atoms with van der Waals surface area (Å²) in [5.74, 6) is 0.0284. The predicted molar refractivity (Wildman–Crippen MR) is 78.2 cm³/mol. The molecule has 2 aromatic heterocycles. The predicted octanol–water partition coefficient (Wildman–Crippen LogP) is 2.48. The maximum absolute atomic E-state index is 12.4. The zero-order chi connectivity index (χ0) is 14.5. The second kappa shape index (κ2) is 6.09. The van der Waals surface area contributed by atoms with E-state index in [1.807, 2.05) is 42.5 Å². The Bertz CT molecular complexity index is 722. The van der Waals surface area contributed by atoms with Crippen molar-refractivity contribution in [3.05, 3.63) is 72.3 Å². The van der Waals surface area contributed by atoms with Crippen molar-refractivity contribution in [2.75, 3.05) is 0 Å². The molecule has 2 heterocycles. The molecule has 5 nitrogen and oxygen atoms in total. The van der Waals surface area contributed by atoms with Gasteiger partial charge in [-0.05, 0) is 36.2 Å². The average Bonchev–Trinajstić information content (AvgIpc) is 3.04. The quantitative estimate of drug-likeness (QED) is 0.673. The minimum Gasteiger partial charge on any atom is -0.292 e. The van der Waals surface area contributed by atoms with E-state index < -0.39 is 0 Å². The number of nitrogens with zero attached hydrogens (tertiary/aromatic N) is 4. The molecular weight excluding hydrogens is 264 g/mol. The van der Waals surface area contributed by atoms with Crippen molar-refractivity contribution >= 4 is 5.78 Å². The van der Waals surface area contributed by atoms with Crippen LogP contribution in [0.5, 0.6) is 0 Å². The van der Waals surface area contributed by atoms with E-state index in [1.165, 1.54) is 6.20 Å². The molecule has 0 radical (unpaired) electrons. The molecule has 1 aromatic carbocycles. The van der Waals surface area contributed by atoms with Gasteiger partial charge in [-0.1, -0.05) is 23.4 Å². The Morgan fingerprint density at radius 1 is 1.05 bits per heavy atom. The Morgan fingerprint density at radius 3 is 2.57 bits per heavy atom. The molecule has 0 aliphatic heterocycles. The Balaban J connectivity index is 1.76. The summed E-state index contributed by atoms with van der Waals surface area (Å²) < 4.78 is 1.58. The van der Waals surface area contributed by atoms with Gasteiger partial charge in [0.2, 0.25) is 0 Å². The monoisotopic (exact) mass is 278 g/mol. The molecule has 0 aliphatic carbocycles. The zero-order valence-electron chi connectivity index (χ0n) is 11.4. The second-order valence-electron chi connectivity index (χ2n) is 4.65. The Morgan fingerprint density at radius 2 is 1.81 bits per heavy atom. The van der Waals surface area contributed by atoms with Crippen LogP contribution in [0.4, 0.5) is 0 Å². The fourth-order valence-electron chi connectivity index (χ4n) is 2.12. The summed E-state index contributed by atoms with van der Waals surface area (Å²) in [6.07, 6.45) is 6.08. The molecule has 21 heavy (non-hydrogen) atoms. The topological polar surface area (TPSA) is 60.7 Å². The SMILES string of the molecule is O=C(CCc1ccncc1)c1cnnn1-c1ccccc1. The number of aromatic nitrogens is 4. The molecule has 0 fully saturated rings. The van der Waals surface area contributed by atoms with Gasteiger partial charge in [-0.2, -0.15) is 0 Å². The molecule has 3 rings (SSSR count). The lowest BCUT2D eigenvalue weighted by Crippen LogP contribution is -2.09. The minimum absolute atomic E-state index is 0.0284. The molecule has 104 valence electrons. The summed E-state index contributed by atoms with van der Waals surface area (Å²) in [7, 11) is 0. The molecule has 0 N–H and O–H groups in total. The summed E-state index contributed by atoms with van der Waals surface area (Å²) in [5.41, 5.74) is 2.44. The van der Waals surface area contributed by atoms with E-state index in [1.54, 1.807) is 17.1 Å². The van der Waals surface area contributed by atoms with Gasteiger partial charge in [-0.15, -0.1) is 5.10 Å². The highest BCUT2D eigenvalue weighted by molar-refractivity contribution is 5.94. The summed E-state index contributed by atoms with van der Waals surface area (Å²) >= 11 is 0. The van der Waals surface area contributed by atoms with E-state index in [9.17, 15) is 4.79 Å². The molecule has 0 aliphatic rings. The van der Waals surface area contributed by atoms with Crippen molar-refractivity contribution in [2.24, 2.45) is 0 Å². The molecule has 0 unspecified atom stereocenters. The minimum atomic E-state index is 0.0284. The molecule has 0 amide bonds. The summed E-state index contributed by atoms with van der Waals surface area (Å²) in [6.45, 7) is 0. The average molecular weight is 278 g/mol. The van der Waals surface area contributed by atoms with Crippen LogP contribution < -0.4 is 0 Å². The first-order valence-corrected chi connectivity index (χ1v) is 6.73. The van der Waals surface area contributed by atoms with Gasteiger partial charge in [-0.3, -0.25) is 9.78 Å². The maximum Gasteiger partial charge on any atom is 0.183 e. The first-order chi connectivity index (χ1) is 10.3. The Kier molecular flexibility index (Phi) is 3.82. The summed E-state index contributed by atoms with van der Waals surface area (Å²) in [5, 5.41) is 7.86. The highest BCUT2D eigenvalue weighted by Gasteiger charge is 2.14. The van der Waals surface area contributed by atoms with Gasteiger partial charge in [-0.25, -0.2) is 4.68 Å². The number of rotatable bonds is 5. The Labute approximate surface area is 122 Å². The fraction of sp³-hybridized carbons (Fsp3) is 0.125. The van der Waals surface area contributed by atoms with Crippen LogP contribution in [0.15, 0.2) is 61.1 Å². The number of carbonyl (C=O) groups is 1. The standard InChI is InChI=1S/C16H14N4O/c21-16(7-6-13-8-10-17-11-9-13)15-12-18-19-20(15)14-4-2-1-3-5-14/h1-5,8-12H,6-7H2. The highest BCUT2D eigenvalue weighted by atomic mass is 16.1. The van der Waals surface area contributed by atoms with Crippen molar-refractivity contribution in [1.82, 2.24) is 20.0 Å². The number of Topliss-reactive ketones (excluding diaryl/α,β-unsaturated/α-hetero) is 1. The first kappa shape index (κ1) is 13.2. The maximum atomic E-state index is 12.4. The van der Waals surface area contributed by atoms with Crippen LogP contribution >= 0.6 is 0 Å². The number of ketones is 1. The van der Waals surface area contributed by atoms with Gasteiger partial charge in [0.25, 0.3) is 0 Å². The van der Waals surface area contributed by atoms with Gasteiger partial charge in [0.05, 0.1) is 11.9 Å². The van der Waals surface area contributed by atoms with Crippen LogP contribution in [0.1, 0.15) is 22.5 Å². The lowest BCUT2D eigenvalue weighted by atomic mass is 10.1. The van der Waals surface area contributed by atoms with Crippen molar-refractivity contribution in [3.63, 3.8) is 0 Å². The van der Waals surface area contributed by atoms with Crippen molar-refractivity contribution in [2.45, 2.75) is 12.8 Å². The van der Waals surface area contributed by atoms with Crippen molar-refractivity contribution in [3.8, 4) is 5.69 Å². The van der Waals surface area contributed by atoms with Crippen molar-refractivity contribution < 1.29 is 4.79 Å². The lowest BCUT2D eigenvalue weighted by Gasteiger charge is -2.05. The van der Waals surface area contributed by atoms with Gasteiger partial charge in [0, 0.05) is 18.8 Å². The molecular formula is C16H14N4O. The number of para-hydroxylation sites is 1. The number of pyridine rings is 1. The number of carbonyl (C=O) groups excluding carboxylic acids is 1. The number of hydrogen-bond donors (Lipinski definition) is 0.